The first-order valence-corrected chi connectivity index (χ1v) is 9.66. The zero-order valence-electron chi connectivity index (χ0n) is 14.9. The Kier molecular flexibility index (Phi) is 8.01. The van der Waals surface area contributed by atoms with Gasteiger partial charge in [0.05, 0.1) is 18.1 Å². The van der Waals surface area contributed by atoms with E-state index < -0.39 is 0 Å². The second kappa shape index (κ2) is 10.3. The topological polar surface area (TPSA) is 58.5 Å². The molecule has 25 heavy (non-hydrogen) atoms. The molecule has 1 heterocycles. The molecule has 0 saturated carbocycles. The standard InChI is InChI=1S/C18H25ClN4OS/c1-4-14(24-16-9-7-6-8-15(16)19)11-22-18(20-5-2)23-12-17-21-10-13(3)25-17/h6-10,14H,4-5,11-12H2,1-3H3,(H2,20,22,23). The number of nitrogens with one attached hydrogen (secondary N) is 2. The normalized spacial score (nSPS) is 12.7. The van der Waals surface area contributed by atoms with Crippen molar-refractivity contribution >= 4 is 28.9 Å². The Balaban J connectivity index is 1.92. The van der Waals surface area contributed by atoms with Crippen LogP contribution in [0.1, 0.15) is 30.2 Å². The van der Waals surface area contributed by atoms with Gasteiger partial charge in [-0.2, -0.15) is 0 Å². The molecule has 1 unspecified atom stereocenters. The number of para-hydroxylation sites is 1. The third-order valence-electron chi connectivity index (χ3n) is 3.47. The zero-order valence-corrected chi connectivity index (χ0v) is 16.5. The molecule has 0 aliphatic heterocycles. The molecule has 0 bridgehead atoms. The van der Waals surface area contributed by atoms with Crippen molar-refractivity contribution in [2.45, 2.75) is 39.8 Å². The molecule has 0 aliphatic carbocycles. The Morgan fingerprint density at radius 1 is 1.32 bits per heavy atom. The average Bonchev–Trinajstić information content (AvgIpc) is 3.03. The first-order chi connectivity index (χ1) is 12.1. The fourth-order valence-corrected chi connectivity index (χ4v) is 3.05. The molecule has 1 aromatic heterocycles. The molecule has 1 aromatic carbocycles. The van der Waals surface area contributed by atoms with Gasteiger partial charge < -0.3 is 15.4 Å². The maximum absolute atomic E-state index is 6.17. The number of halogens is 1. The summed E-state index contributed by atoms with van der Waals surface area (Å²) in [6.07, 6.45) is 2.75. The highest BCUT2D eigenvalue weighted by atomic mass is 35.5. The summed E-state index contributed by atoms with van der Waals surface area (Å²) in [4.78, 5) is 10.1. The average molecular weight is 381 g/mol. The number of aliphatic imine (C=N–C) groups is 1. The van der Waals surface area contributed by atoms with E-state index in [9.17, 15) is 0 Å². The number of thiazole rings is 1. The van der Waals surface area contributed by atoms with E-state index >= 15 is 0 Å². The highest BCUT2D eigenvalue weighted by molar-refractivity contribution is 7.11. The lowest BCUT2D eigenvalue weighted by atomic mass is 10.2. The van der Waals surface area contributed by atoms with Gasteiger partial charge in [0.15, 0.2) is 5.96 Å². The Labute approximate surface area is 158 Å². The molecular formula is C18H25ClN4OS. The van der Waals surface area contributed by atoms with E-state index in [-0.39, 0.29) is 6.10 Å². The number of hydrogen-bond acceptors (Lipinski definition) is 4. The lowest BCUT2D eigenvalue weighted by Gasteiger charge is -2.20. The number of nitrogens with zero attached hydrogens (tertiary/aromatic N) is 2. The Morgan fingerprint density at radius 2 is 2.12 bits per heavy atom. The van der Waals surface area contributed by atoms with Gasteiger partial charge >= 0.3 is 0 Å². The monoisotopic (exact) mass is 380 g/mol. The number of rotatable bonds is 8. The van der Waals surface area contributed by atoms with Gasteiger partial charge in [-0.05, 0) is 32.4 Å². The maximum atomic E-state index is 6.17. The van der Waals surface area contributed by atoms with E-state index in [1.54, 1.807) is 11.3 Å². The van der Waals surface area contributed by atoms with Gasteiger partial charge in [-0.15, -0.1) is 11.3 Å². The van der Waals surface area contributed by atoms with Crippen LogP contribution in [0.4, 0.5) is 0 Å². The third-order valence-corrected chi connectivity index (χ3v) is 4.68. The summed E-state index contributed by atoms with van der Waals surface area (Å²) in [5.41, 5.74) is 0. The molecule has 2 rings (SSSR count). The fraction of sp³-hybridized carbons (Fsp3) is 0.444. The third kappa shape index (κ3) is 6.55. The molecule has 2 aromatic rings. The summed E-state index contributed by atoms with van der Waals surface area (Å²) >= 11 is 7.84. The summed E-state index contributed by atoms with van der Waals surface area (Å²) in [7, 11) is 0. The summed E-state index contributed by atoms with van der Waals surface area (Å²) < 4.78 is 6.00. The van der Waals surface area contributed by atoms with E-state index in [1.807, 2.05) is 44.3 Å². The van der Waals surface area contributed by atoms with E-state index in [4.69, 9.17) is 16.3 Å². The van der Waals surface area contributed by atoms with E-state index in [1.165, 1.54) is 4.88 Å². The quantitative estimate of drug-likeness (QED) is 0.536. The molecular weight excluding hydrogens is 356 g/mol. The lowest BCUT2D eigenvalue weighted by molar-refractivity contribution is 0.199. The van der Waals surface area contributed by atoms with Crippen LogP contribution in [0.2, 0.25) is 5.02 Å². The number of guanidine groups is 1. The van der Waals surface area contributed by atoms with Crippen molar-refractivity contribution in [3.8, 4) is 5.75 Å². The van der Waals surface area contributed by atoms with Crippen molar-refractivity contribution in [2.75, 3.05) is 13.1 Å². The summed E-state index contributed by atoms with van der Waals surface area (Å²) in [6, 6.07) is 7.53. The van der Waals surface area contributed by atoms with Crippen molar-refractivity contribution in [1.29, 1.82) is 0 Å². The van der Waals surface area contributed by atoms with Crippen molar-refractivity contribution in [2.24, 2.45) is 4.99 Å². The van der Waals surface area contributed by atoms with Gasteiger partial charge in [-0.25, -0.2) is 9.98 Å². The van der Waals surface area contributed by atoms with Gasteiger partial charge in [0.25, 0.3) is 0 Å². The van der Waals surface area contributed by atoms with Crippen LogP contribution in [-0.4, -0.2) is 30.1 Å². The summed E-state index contributed by atoms with van der Waals surface area (Å²) in [6.45, 7) is 8.19. The highest BCUT2D eigenvalue weighted by Crippen LogP contribution is 2.24. The summed E-state index contributed by atoms with van der Waals surface area (Å²) in [5.74, 6) is 1.47. The van der Waals surface area contributed by atoms with E-state index in [0.717, 1.165) is 23.9 Å². The predicted octanol–water partition coefficient (Wildman–Crippen LogP) is 4.02. The molecule has 0 saturated heterocycles. The van der Waals surface area contributed by atoms with Crippen LogP contribution in [-0.2, 0) is 6.54 Å². The molecule has 0 fully saturated rings. The van der Waals surface area contributed by atoms with Gasteiger partial charge in [0.2, 0.25) is 0 Å². The van der Waals surface area contributed by atoms with E-state index in [2.05, 4.69) is 27.5 Å². The Hall–Kier alpha value is -1.79. The minimum absolute atomic E-state index is 0.00543. The van der Waals surface area contributed by atoms with Crippen LogP contribution in [0.3, 0.4) is 0 Å². The van der Waals surface area contributed by atoms with Crippen molar-refractivity contribution in [3.05, 3.63) is 45.4 Å². The van der Waals surface area contributed by atoms with Gasteiger partial charge in [0.1, 0.15) is 16.9 Å². The molecule has 136 valence electrons. The summed E-state index contributed by atoms with van der Waals surface area (Å²) in [5, 5.41) is 8.22. The number of aromatic nitrogens is 1. The molecule has 0 radical (unpaired) electrons. The van der Waals surface area contributed by atoms with Gasteiger partial charge in [0, 0.05) is 17.6 Å². The van der Waals surface area contributed by atoms with Crippen LogP contribution in [0.5, 0.6) is 5.75 Å². The molecule has 2 N–H and O–H groups in total. The molecule has 0 aliphatic rings. The Morgan fingerprint density at radius 3 is 2.76 bits per heavy atom. The number of hydrogen-bond donors (Lipinski definition) is 2. The van der Waals surface area contributed by atoms with Crippen molar-refractivity contribution in [1.82, 2.24) is 15.6 Å². The van der Waals surface area contributed by atoms with Crippen LogP contribution in [0.15, 0.2) is 35.5 Å². The molecule has 0 spiro atoms. The smallest absolute Gasteiger partial charge is 0.191 e. The fourth-order valence-electron chi connectivity index (χ4n) is 2.16. The first kappa shape index (κ1) is 19.5. The van der Waals surface area contributed by atoms with Crippen LogP contribution in [0, 0.1) is 6.92 Å². The molecule has 1 atom stereocenters. The van der Waals surface area contributed by atoms with E-state index in [0.29, 0.717) is 23.9 Å². The van der Waals surface area contributed by atoms with Gasteiger partial charge in [-0.3, -0.25) is 0 Å². The number of aryl methyl sites for hydroxylation is 1. The highest BCUT2D eigenvalue weighted by Gasteiger charge is 2.11. The Bertz CT molecular complexity index is 689. The lowest BCUT2D eigenvalue weighted by Crippen LogP contribution is -2.42. The first-order valence-electron chi connectivity index (χ1n) is 8.47. The SMILES string of the molecule is CCNC(=NCc1ncc(C)s1)NCC(CC)Oc1ccccc1Cl. The van der Waals surface area contributed by atoms with Crippen LogP contribution in [0.25, 0.3) is 0 Å². The predicted molar refractivity (Wildman–Crippen MR) is 106 cm³/mol. The van der Waals surface area contributed by atoms with Crippen LogP contribution >= 0.6 is 22.9 Å². The minimum atomic E-state index is 0.00543. The zero-order chi connectivity index (χ0) is 18.1. The molecule has 0 amide bonds. The van der Waals surface area contributed by atoms with Crippen molar-refractivity contribution in [3.63, 3.8) is 0 Å². The largest absolute Gasteiger partial charge is 0.487 e. The second-order valence-electron chi connectivity index (χ2n) is 5.52. The molecule has 5 nitrogen and oxygen atoms in total. The minimum Gasteiger partial charge on any atom is -0.487 e. The molecule has 7 heteroatoms. The van der Waals surface area contributed by atoms with Crippen molar-refractivity contribution < 1.29 is 4.74 Å². The number of benzene rings is 1. The van der Waals surface area contributed by atoms with Gasteiger partial charge in [-0.1, -0.05) is 30.7 Å². The maximum Gasteiger partial charge on any atom is 0.191 e. The number of ether oxygens (including phenoxy) is 1. The second-order valence-corrected chi connectivity index (χ2v) is 7.25. The van der Waals surface area contributed by atoms with Crippen LogP contribution < -0.4 is 15.4 Å².